The summed E-state index contributed by atoms with van der Waals surface area (Å²) >= 11 is 0. The number of nitrogens with zero attached hydrogens (tertiary/aromatic N) is 5. The number of halogens is 1. The van der Waals surface area contributed by atoms with E-state index in [-0.39, 0.29) is 5.82 Å². The molecule has 1 aliphatic rings. The number of anilines is 2. The summed E-state index contributed by atoms with van der Waals surface area (Å²) in [5, 5.41) is 12.9. The van der Waals surface area contributed by atoms with E-state index in [1.54, 1.807) is 12.1 Å². The Kier molecular flexibility index (Phi) is 6.72. The number of nitrogens with one attached hydrogen (secondary N) is 1. The Balaban J connectivity index is 1.41. The fraction of sp³-hybridized carbons (Fsp3) is 0.214. The Hall–Kier alpha value is -4.51. The molecule has 0 unspecified atom stereocenters. The summed E-state index contributed by atoms with van der Waals surface area (Å²) in [6.07, 6.45) is 0. The Morgan fingerprint density at radius 2 is 1.50 bits per heavy atom. The molecule has 8 heteroatoms. The summed E-state index contributed by atoms with van der Waals surface area (Å²) in [6, 6.07) is 25.6. The lowest BCUT2D eigenvalue weighted by Gasteiger charge is -2.37. The number of amides is 1. The highest BCUT2D eigenvalue weighted by molar-refractivity contribution is 5.88. The molecule has 180 valence electrons. The van der Waals surface area contributed by atoms with E-state index in [0.717, 1.165) is 11.3 Å². The average molecular weight is 481 g/mol. The number of hydrogen-bond acceptors (Lipinski definition) is 6. The van der Waals surface area contributed by atoms with Gasteiger partial charge in [-0.15, -0.1) is 0 Å². The van der Waals surface area contributed by atoms with Crippen molar-refractivity contribution < 1.29 is 9.18 Å². The van der Waals surface area contributed by atoms with Gasteiger partial charge in [0.1, 0.15) is 11.5 Å². The number of para-hydroxylation sites is 2. The molecule has 0 radical (unpaired) electrons. The molecule has 0 bridgehead atoms. The Morgan fingerprint density at radius 3 is 2.17 bits per heavy atom. The van der Waals surface area contributed by atoms with Gasteiger partial charge in [-0.1, -0.05) is 42.5 Å². The first-order valence-corrected chi connectivity index (χ1v) is 11.9. The van der Waals surface area contributed by atoms with Gasteiger partial charge in [0.15, 0.2) is 11.7 Å². The van der Waals surface area contributed by atoms with E-state index >= 15 is 0 Å². The zero-order valence-electron chi connectivity index (χ0n) is 19.6. The molecule has 1 atom stereocenters. The van der Waals surface area contributed by atoms with Crippen molar-refractivity contribution >= 4 is 28.4 Å². The number of aromatic nitrogens is 2. The Morgan fingerprint density at radius 1 is 0.889 bits per heavy atom. The molecule has 1 fully saturated rings. The van der Waals surface area contributed by atoms with Gasteiger partial charge in [-0.05, 0) is 42.0 Å². The van der Waals surface area contributed by atoms with Gasteiger partial charge >= 0.3 is 0 Å². The van der Waals surface area contributed by atoms with E-state index in [0.29, 0.717) is 55.3 Å². The molecule has 5 rings (SSSR count). The number of hydrogen-bond donors (Lipinski definition) is 1. The molecule has 2 heterocycles. The molecule has 1 aromatic heterocycles. The molecule has 0 spiro atoms. The van der Waals surface area contributed by atoms with Crippen molar-refractivity contribution in [2.45, 2.75) is 12.5 Å². The van der Waals surface area contributed by atoms with Gasteiger partial charge < -0.3 is 15.1 Å². The molecule has 3 aromatic carbocycles. The van der Waals surface area contributed by atoms with Gasteiger partial charge in [-0.3, -0.25) is 4.79 Å². The maximum Gasteiger partial charge on any atom is 0.243 e. The van der Waals surface area contributed by atoms with Crippen LogP contribution >= 0.6 is 0 Å². The second-order valence-electron chi connectivity index (χ2n) is 8.64. The highest BCUT2D eigenvalue weighted by Gasteiger charge is 2.30. The minimum Gasteiger partial charge on any atom is -0.368 e. The molecule has 1 N–H and O–H groups in total. The number of benzene rings is 3. The van der Waals surface area contributed by atoms with Crippen LogP contribution in [0.15, 0.2) is 78.9 Å². The molecular formula is C28H25FN6O. The average Bonchev–Trinajstić information content (AvgIpc) is 2.93. The summed E-state index contributed by atoms with van der Waals surface area (Å²) in [7, 11) is 0. The third-order valence-corrected chi connectivity index (χ3v) is 6.32. The Bertz CT molecular complexity index is 1400. The number of carbonyl (C=O) groups excluding carboxylic acids is 1. The molecule has 7 nitrogen and oxygen atoms in total. The highest BCUT2D eigenvalue weighted by Crippen LogP contribution is 2.29. The van der Waals surface area contributed by atoms with Gasteiger partial charge in [0.2, 0.25) is 5.91 Å². The number of fused-ring (bicyclic) bond motifs is 1. The molecule has 1 amide bonds. The minimum atomic E-state index is -1.10. The van der Waals surface area contributed by atoms with Crippen LogP contribution < -0.4 is 15.1 Å². The molecule has 1 saturated heterocycles. The van der Waals surface area contributed by atoms with Gasteiger partial charge in [-0.2, -0.15) is 5.26 Å². The monoisotopic (exact) mass is 480 g/mol. The minimum absolute atomic E-state index is 0.262. The van der Waals surface area contributed by atoms with E-state index < -0.39 is 11.8 Å². The third kappa shape index (κ3) is 4.96. The van der Waals surface area contributed by atoms with Crippen LogP contribution in [-0.4, -0.2) is 42.1 Å². The maximum absolute atomic E-state index is 13.3. The van der Waals surface area contributed by atoms with Gasteiger partial charge in [0.25, 0.3) is 0 Å². The lowest BCUT2D eigenvalue weighted by molar-refractivity contribution is -0.121. The standard InChI is InChI=1S/C28H25FN6O/c29-21-10-12-22(13-11-21)34-14-16-35(17-15-34)27-26(32-24-8-4-5-9-25(24)33-27)23(18-30)28(36)31-19-20-6-2-1-3-7-20/h1-13,23H,14-17,19H2,(H,31,36)/t23-/m0/s1. The predicted octanol–water partition coefficient (Wildman–Crippen LogP) is 4.02. The quantitative estimate of drug-likeness (QED) is 0.449. The first-order valence-electron chi connectivity index (χ1n) is 11.9. The smallest absolute Gasteiger partial charge is 0.243 e. The van der Waals surface area contributed by atoms with E-state index in [1.165, 1.54) is 12.1 Å². The summed E-state index contributed by atoms with van der Waals surface area (Å²) in [5.74, 6) is -1.22. The summed E-state index contributed by atoms with van der Waals surface area (Å²) in [5.41, 5.74) is 3.60. The third-order valence-electron chi connectivity index (χ3n) is 6.32. The van der Waals surface area contributed by atoms with Gasteiger partial charge in [0.05, 0.1) is 17.1 Å². The zero-order chi connectivity index (χ0) is 24.9. The summed E-state index contributed by atoms with van der Waals surface area (Å²) in [6.45, 7) is 2.96. The van der Waals surface area contributed by atoms with Crippen LogP contribution in [0, 0.1) is 17.1 Å². The van der Waals surface area contributed by atoms with Crippen LogP contribution in [0.5, 0.6) is 0 Å². The molecule has 0 aliphatic carbocycles. The second-order valence-corrected chi connectivity index (χ2v) is 8.64. The largest absolute Gasteiger partial charge is 0.368 e. The Labute approximate surface area is 208 Å². The zero-order valence-corrected chi connectivity index (χ0v) is 19.6. The second kappa shape index (κ2) is 10.4. The normalized spacial score (nSPS) is 14.3. The van der Waals surface area contributed by atoms with E-state index in [9.17, 15) is 14.4 Å². The fourth-order valence-corrected chi connectivity index (χ4v) is 4.39. The first-order chi connectivity index (χ1) is 17.6. The van der Waals surface area contributed by atoms with Crippen LogP contribution in [0.4, 0.5) is 15.9 Å². The van der Waals surface area contributed by atoms with Crippen molar-refractivity contribution in [3.8, 4) is 6.07 Å². The van der Waals surface area contributed by atoms with Crippen molar-refractivity contribution in [3.05, 3.63) is 95.9 Å². The van der Waals surface area contributed by atoms with Crippen LogP contribution in [0.3, 0.4) is 0 Å². The van der Waals surface area contributed by atoms with Crippen molar-refractivity contribution in [1.82, 2.24) is 15.3 Å². The molecule has 36 heavy (non-hydrogen) atoms. The number of nitriles is 1. The first kappa shape index (κ1) is 23.2. The van der Waals surface area contributed by atoms with Crippen molar-refractivity contribution in [1.29, 1.82) is 5.26 Å². The van der Waals surface area contributed by atoms with Crippen LogP contribution in [0.1, 0.15) is 17.2 Å². The van der Waals surface area contributed by atoms with E-state index in [2.05, 4.69) is 21.2 Å². The molecule has 1 aliphatic heterocycles. The van der Waals surface area contributed by atoms with E-state index in [1.807, 2.05) is 54.6 Å². The summed E-state index contributed by atoms with van der Waals surface area (Å²) in [4.78, 5) is 27.0. The summed E-state index contributed by atoms with van der Waals surface area (Å²) < 4.78 is 13.3. The lowest BCUT2D eigenvalue weighted by atomic mass is 10.0. The van der Waals surface area contributed by atoms with Gasteiger partial charge in [0, 0.05) is 38.4 Å². The number of carbonyl (C=O) groups is 1. The van der Waals surface area contributed by atoms with Crippen molar-refractivity contribution in [2.75, 3.05) is 36.0 Å². The fourth-order valence-electron chi connectivity index (χ4n) is 4.39. The van der Waals surface area contributed by atoms with Crippen LogP contribution in [0.2, 0.25) is 0 Å². The van der Waals surface area contributed by atoms with Crippen molar-refractivity contribution in [2.24, 2.45) is 0 Å². The molecule has 0 saturated carbocycles. The van der Waals surface area contributed by atoms with Crippen LogP contribution in [0.25, 0.3) is 11.0 Å². The molecule has 4 aromatic rings. The predicted molar refractivity (Wildman–Crippen MR) is 137 cm³/mol. The van der Waals surface area contributed by atoms with Gasteiger partial charge in [-0.25, -0.2) is 14.4 Å². The number of piperazine rings is 1. The van der Waals surface area contributed by atoms with Crippen LogP contribution in [-0.2, 0) is 11.3 Å². The lowest BCUT2D eigenvalue weighted by Crippen LogP contribution is -2.47. The molecular weight excluding hydrogens is 455 g/mol. The van der Waals surface area contributed by atoms with E-state index in [4.69, 9.17) is 9.97 Å². The maximum atomic E-state index is 13.3. The topological polar surface area (TPSA) is 85.1 Å². The highest BCUT2D eigenvalue weighted by atomic mass is 19.1. The SMILES string of the molecule is N#C[C@H](C(=O)NCc1ccccc1)c1nc2ccccc2nc1N1CCN(c2ccc(F)cc2)CC1. The van der Waals surface area contributed by atoms with Crippen molar-refractivity contribution in [3.63, 3.8) is 0 Å². The number of rotatable bonds is 6.